The number of rotatable bonds is 14. The van der Waals surface area contributed by atoms with E-state index in [0.717, 1.165) is 10.9 Å². The maximum atomic E-state index is 12.4. The van der Waals surface area contributed by atoms with E-state index in [2.05, 4.69) is 31.2 Å². The average molecular weight is 487 g/mol. The smallest absolute Gasteiger partial charge is 0.464 e. The summed E-state index contributed by atoms with van der Waals surface area (Å²) in [4.78, 5) is 12.4. The molecule has 31 heavy (non-hydrogen) atoms. The minimum atomic E-state index is -3.44. The number of fused-ring (bicyclic) bond motifs is 1. The summed E-state index contributed by atoms with van der Waals surface area (Å²) in [6, 6.07) is 12.4. The van der Waals surface area contributed by atoms with Crippen molar-refractivity contribution in [2.24, 2.45) is 0 Å². The van der Waals surface area contributed by atoms with Crippen molar-refractivity contribution in [3.8, 4) is 0 Å². The molecule has 6 nitrogen and oxygen atoms in total. The minimum Gasteiger partial charge on any atom is -0.464 e. The van der Waals surface area contributed by atoms with E-state index in [9.17, 15) is 9.36 Å². The molecule has 0 aromatic heterocycles. The number of phosphoric acid groups is 1. The Morgan fingerprint density at radius 2 is 1.55 bits per heavy atom. The number of carbonyl (C=O) groups is 1. The Kier molecular flexibility index (Phi) is 11.4. The topological polar surface area (TPSA) is 71.1 Å². The molecule has 0 fully saturated rings. The Morgan fingerprint density at radius 1 is 0.935 bits per heavy atom. The van der Waals surface area contributed by atoms with Gasteiger partial charge < -0.3 is 4.74 Å². The summed E-state index contributed by atoms with van der Waals surface area (Å²) in [5.74, 6) is 0.738. The van der Waals surface area contributed by atoms with E-state index in [1.165, 1.54) is 10.9 Å². The maximum Gasteiger partial charge on any atom is 0.474 e. The molecule has 1 atom stereocenters. The zero-order valence-corrected chi connectivity index (χ0v) is 21.0. The van der Waals surface area contributed by atoms with E-state index < -0.39 is 7.82 Å². The zero-order valence-electron chi connectivity index (χ0n) is 18.5. The number of aryl methyl sites for hydroxylation is 1. The molecule has 0 amide bonds. The van der Waals surface area contributed by atoms with Crippen LogP contribution in [0.25, 0.3) is 10.8 Å². The van der Waals surface area contributed by atoms with Gasteiger partial charge in [-0.05, 0) is 44.0 Å². The van der Waals surface area contributed by atoms with Crippen LogP contribution in [-0.2, 0) is 27.7 Å². The van der Waals surface area contributed by atoms with Gasteiger partial charge in [-0.25, -0.2) is 4.57 Å². The average Bonchev–Trinajstić information content (AvgIpc) is 2.74. The van der Waals surface area contributed by atoms with Crippen molar-refractivity contribution < 1.29 is 27.7 Å². The summed E-state index contributed by atoms with van der Waals surface area (Å²) in [6.07, 6.45) is 0. The van der Waals surface area contributed by atoms with Gasteiger partial charge in [0.15, 0.2) is 0 Å². The SMILES string of the molecule is CCOP(=O)(OCC)OCCSSCCOC(=O)C(C)c1ccc2cc(C)ccc2c1. The van der Waals surface area contributed by atoms with Gasteiger partial charge in [0.25, 0.3) is 0 Å². The lowest BCUT2D eigenvalue weighted by Gasteiger charge is -2.16. The molecule has 172 valence electrons. The normalized spacial score (nSPS) is 12.8. The molecule has 2 rings (SSSR count). The highest BCUT2D eigenvalue weighted by Gasteiger charge is 2.24. The Morgan fingerprint density at radius 3 is 2.23 bits per heavy atom. The lowest BCUT2D eigenvalue weighted by Crippen LogP contribution is -2.14. The second kappa shape index (κ2) is 13.5. The van der Waals surface area contributed by atoms with Gasteiger partial charge >= 0.3 is 13.8 Å². The molecular formula is C22H31O6PS2. The van der Waals surface area contributed by atoms with Gasteiger partial charge in [0.05, 0.1) is 25.7 Å². The number of esters is 1. The summed E-state index contributed by atoms with van der Waals surface area (Å²) in [5, 5.41) is 2.29. The van der Waals surface area contributed by atoms with Gasteiger partial charge in [-0.3, -0.25) is 18.4 Å². The third kappa shape index (κ3) is 8.79. The zero-order chi connectivity index (χ0) is 22.7. The lowest BCUT2D eigenvalue weighted by molar-refractivity contribution is -0.144. The van der Waals surface area contributed by atoms with Crippen LogP contribution in [0.4, 0.5) is 0 Å². The van der Waals surface area contributed by atoms with Gasteiger partial charge in [0.2, 0.25) is 0 Å². The van der Waals surface area contributed by atoms with E-state index >= 15 is 0 Å². The van der Waals surface area contributed by atoms with E-state index in [-0.39, 0.29) is 31.7 Å². The second-order valence-corrected chi connectivity index (χ2v) is 11.1. The van der Waals surface area contributed by atoms with Crippen LogP contribution in [0.2, 0.25) is 0 Å². The highest BCUT2D eigenvalue weighted by Crippen LogP contribution is 2.49. The minimum absolute atomic E-state index is 0.227. The van der Waals surface area contributed by atoms with Crippen molar-refractivity contribution in [2.45, 2.75) is 33.6 Å². The monoisotopic (exact) mass is 486 g/mol. The van der Waals surface area contributed by atoms with Crippen LogP contribution in [0.1, 0.15) is 37.8 Å². The predicted octanol–water partition coefficient (Wildman–Crippen LogP) is 6.37. The molecule has 0 aliphatic heterocycles. The van der Waals surface area contributed by atoms with Gasteiger partial charge in [-0.15, -0.1) is 0 Å². The first-order valence-corrected chi connectivity index (χ1v) is 14.3. The first kappa shape index (κ1) is 26.2. The van der Waals surface area contributed by atoms with Crippen molar-refractivity contribution in [3.63, 3.8) is 0 Å². The molecule has 0 spiro atoms. The van der Waals surface area contributed by atoms with Crippen molar-refractivity contribution in [3.05, 3.63) is 47.5 Å². The fraction of sp³-hybridized carbons (Fsp3) is 0.500. The third-order valence-electron chi connectivity index (χ3n) is 4.36. The number of carbonyl (C=O) groups excluding carboxylic acids is 1. The van der Waals surface area contributed by atoms with E-state index in [0.29, 0.717) is 18.1 Å². The van der Waals surface area contributed by atoms with Crippen molar-refractivity contribution >= 4 is 46.2 Å². The first-order chi connectivity index (χ1) is 14.9. The molecule has 1 unspecified atom stereocenters. The van der Waals surface area contributed by atoms with Crippen LogP contribution in [0.3, 0.4) is 0 Å². The van der Waals surface area contributed by atoms with Crippen molar-refractivity contribution in [1.29, 1.82) is 0 Å². The van der Waals surface area contributed by atoms with Gasteiger partial charge in [-0.2, -0.15) is 0 Å². The number of hydrogen-bond acceptors (Lipinski definition) is 8. The fourth-order valence-corrected chi connectivity index (χ4v) is 5.77. The molecule has 0 aliphatic carbocycles. The molecule has 0 saturated carbocycles. The third-order valence-corrected chi connectivity index (χ3v) is 8.34. The summed E-state index contributed by atoms with van der Waals surface area (Å²) in [6.45, 7) is 8.54. The lowest BCUT2D eigenvalue weighted by atomic mass is 9.97. The van der Waals surface area contributed by atoms with Crippen LogP contribution >= 0.6 is 29.4 Å². The van der Waals surface area contributed by atoms with Crippen LogP contribution in [0, 0.1) is 6.92 Å². The molecule has 0 radical (unpaired) electrons. The van der Waals surface area contributed by atoms with Gasteiger partial charge in [0.1, 0.15) is 6.61 Å². The number of benzene rings is 2. The van der Waals surface area contributed by atoms with Crippen LogP contribution < -0.4 is 0 Å². The molecule has 0 heterocycles. The summed E-state index contributed by atoms with van der Waals surface area (Å²) < 4.78 is 33.0. The summed E-state index contributed by atoms with van der Waals surface area (Å²) in [7, 11) is -0.316. The molecule has 0 N–H and O–H groups in total. The predicted molar refractivity (Wildman–Crippen MR) is 130 cm³/mol. The molecule has 2 aromatic carbocycles. The Bertz CT molecular complexity index is 881. The highest BCUT2D eigenvalue weighted by molar-refractivity contribution is 8.76. The number of hydrogen-bond donors (Lipinski definition) is 0. The van der Waals surface area contributed by atoms with E-state index in [1.807, 2.05) is 19.1 Å². The van der Waals surface area contributed by atoms with E-state index in [4.69, 9.17) is 18.3 Å². The maximum absolute atomic E-state index is 12.4. The van der Waals surface area contributed by atoms with Crippen molar-refractivity contribution in [2.75, 3.05) is 37.9 Å². The Labute approximate surface area is 192 Å². The molecule has 0 bridgehead atoms. The fourth-order valence-electron chi connectivity index (χ4n) is 2.82. The quantitative estimate of drug-likeness (QED) is 0.132. The second-order valence-electron chi connectivity index (χ2n) is 6.76. The number of phosphoric ester groups is 1. The molecular weight excluding hydrogens is 455 g/mol. The number of ether oxygens (including phenoxy) is 1. The highest BCUT2D eigenvalue weighted by atomic mass is 33.1. The summed E-state index contributed by atoms with van der Waals surface area (Å²) >= 11 is 0. The standard InChI is InChI=1S/C22H31O6PS2/c1-5-26-29(24,27-6-2)28-12-14-31-30-13-11-25-22(23)18(4)19-9-10-20-15-17(3)7-8-21(20)16-19/h7-10,15-16,18H,5-6,11-14H2,1-4H3. The Hall–Kier alpha value is -1.02. The van der Waals surface area contributed by atoms with E-state index in [1.54, 1.807) is 35.4 Å². The molecule has 9 heteroatoms. The molecule has 0 aliphatic rings. The van der Waals surface area contributed by atoms with Crippen LogP contribution in [0.5, 0.6) is 0 Å². The van der Waals surface area contributed by atoms with Gasteiger partial charge in [-0.1, -0.05) is 63.5 Å². The molecule has 2 aromatic rings. The van der Waals surface area contributed by atoms with Crippen molar-refractivity contribution in [1.82, 2.24) is 0 Å². The summed E-state index contributed by atoms with van der Waals surface area (Å²) in [5.41, 5.74) is 2.17. The largest absolute Gasteiger partial charge is 0.474 e. The molecule has 0 saturated heterocycles. The first-order valence-electron chi connectivity index (χ1n) is 10.3. The van der Waals surface area contributed by atoms with Crippen LogP contribution in [-0.4, -0.2) is 43.9 Å². The van der Waals surface area contributed by atoms with Gasteiger partial charge in [0, 0.05) is 11.5 Å². The Balaban J connectivity index is 1.65. The van der Waals surface area contributed by atoms with Crippen LogP contribution in [0.15, 0.2) is 36.4 Å².